The molecule has 6 heteroatoms. The summed E-state index contributed by atoms with van der Waals surface area (Å²) < 4.78 is 5.05. The zero-order valence-corrected chi connectivity index (χ0v) is 13.0. The van der Waals surface area contributed by atoms with Gasteiger partial charge >= 0.3 is 6.09 Å². The fraction of sp³-hybridized carbons (Fsp3) is 0.500. The largest absolute Gasteiger partial charge is 0.443 e. The molecule has 0 radical (unpaired) electrons. The lowest BCUT2D eigenvalue weighted by Gasteiger charge is -2.33. The minimum absolute atomic E-state index is 0.317. The Labute approximate surface area is 128 Å². The van der Waals surface area contributed by atoms with Crippen LogP contribution < -0.4 is 5.73 Å². The molecular weight excluding hydrogens is 301 g/mol. The van der Waals surface area contributed by atoms with Gasteiger partial charge in [0.05, 0.1) is 0 Å². The van der Waals surface area contributed by atoms with E-state index in [1.807, 2.05) is 6.92 Å². The second-order valence-electron chi connectivity index (χ2n) is 4.81. The number of amides is 1. The maximum absolute atomic E-state index is 11.0. The number of carbonyl (C=O) groups excluding carboxylic acids is 1. The molecule has 0 spiro atoms. The van der Waals surface area contributed by atoms with E-state index in [2.05, 4.69) is 0 Å². The predicted molar refractivity (Wildman–Crippen MR) is 80.0 cm³/mol. The lowest BCUT2D eigenvalue weighted by atomic mass is 9.87. The smallest absolute Gasteiger partial charge is 0.404 e. The van der Waals surface area contributed by atoms with Gasteiger partial charge in [0.2, 0.25) is 0 Å². The zero-order chi connectivity index (χ0) is 15.3. The summed E-state index contributed by atoms with van der Waals surface area (Å²) in [6.07, 6.45) is 0.390. The van der Waals surface area contributed by atoms with Crippen molar-refractivity contribution in [3.63, 3.8) is 0 Å². The van der Waals surface area contributed by atoms with Crippen LogP contribution in [0.5, 0.6) is 0 Å². The van der Waals surface area contributed by atoms with Crippen molar-refractivity contribution in [3.8, 4) is 0 Å². The summed E-state index contributed by atoms with van der Waals surface area (Å²) >= 11 is 12.2. The van der Waals surface area contributed by atoms with Crippen molar-refractivity contribution in [2.75, 3.05) is 0 Å². The standard InChI is InChI=1S/C14H19Cl2NO3/c1-3-4-8-11(20-13(17)18)14(2,19)12-9(15)6-5-7-10(12)16/h5-7,11,19H,3-4,8H2,1-2H3,(H2,17,18). The van der Waals surface area contributed by atoms with Gasteiger partial charge in [0.25, 0.3) is 0 Å². The van der Waals surface area contributed by atoms with Gasteiger partial charge in [0.1, 0.15) is 11.7 Å². The molecule has 0 aliphatic carbocycles. The summed E-state index contributed by atoms with van der Waals surface area (Å²) in [6, 6.07) is 4.93. The number of nitrogens with two attached hydrogens (primary N) is 1. The van der Waals surface area contributed by atoms with E-state index in [0.29, 0.717) is 22.0 Å². The van der Waals surface area contributed by atoms with Crippen LogP contribution in [0.1, 0.15) is 38.7 Å². The van der Waals surface area contributed by atoms with E-state index in [1.54, 1.807) is 18.2 Å². The molecule has 1 amide bonds. The third-order valence-electron chi connectivity index (χ3n) is 3.17. The molecule has 2 unspecified atom stereocenters. The molecule has 112 valence electrons. The number of halogens is 2. The van der Waals surface area contributed by atoms with Gasteiger partial charge < -0.3 is 15.6 Å². The predicted octanol–water partition coefficient (Wildman–Crippen LogP) is 3.86. The van der Waals surface area contributed by atoms with E-state index in [0.717, 1.165) is 12.8 Å². The van der Waals surface area contributed by atoms with Crippen LogP contribution in [0.3, 0.4) is 0 Å². The van der Waals surface area contributed by atoms with Crippen LogP contribution in [0, 0.1) is 0 Å². The molecule has 1 aromatic rings. The van der Waals surface area contributed by atoms with E-state index in [1.165, 1.54) is 6.92 Å². The zero-order valence-electron chi connectivity index (χ0n) is 11.5. The Hall–Kier alpha value is -0.970. The summed E-state index contributed by atoms with van der Waals surface area (Å²) in [5.41, 5.74) is 3.90. The van der Waals surface area contributed by atoms with Crippen molar-refractivity contribution in [2.45, 2.75) is 44.8 Å². The van der Waals surface area contributed by atoms with E-state index < -0.39 is 17.8 Å². The molecule has 0 fully saturated rings. The highest BCUT2D eigenvalue weighted by Crippen LogP contribution is 2.38. The average molecular weight is 320 g/mol. The third-order valence-corrected chi connectivity index (χ3v) is 3.80. The molecule has 20 heavy (non-hydrogen) atoms. The lowest BCUT2D eigenvalue weighted by Crippen LogP contribution is -2.41. The van der Waals surface area contributed by atoms with Crippen molar-refractivity contribution >= 4 is 29.3 Å². The monoisotopic (exact) mass is 319 g/mol. The Balaban J connectivity index is 3.17. The van der Waals surface area contributed by atoms with Crippen LogP contribution in [0.25, 0.3) is 0 Å². The summed E-state index contributed by atoms with van der Waals surface area (Å²) in [4.78, 5) is 11.0. The second kappa shape index (κ2) is 7.16. The van der Waals surface area contributed by atoms with Gasteiger partial charge in [0.15, 0.2) is 0 Å². The number of rotatable bonds is 6. The molecular formula is C14H19Cl2NO3. The molecule has 1 rings (SSSR count). The first-order valence-corrected chi connectivity index (χ1v) is 7.19. The molecule has 0 bridgehead atoms. The van der Waals surface area contributed by atoms with Gasteiger partial charge in [0, 0.05) is 15.6 Å². The Bertz CT molecular complexity index is 457. The number of ether oxygens (including phenoxy) is 1. The van der Waals surface area contributed by atoms with Gasteiger partial charge in [-0.15, -0.1) is 0 Å². The van der Waals surface area contributed by atoms with Crippen molar-refractivity contribution in [2.24, 2.45) is 5.73 Å². The van der Waals surface area contributed by atoms with Crippen LogP contribution in [0.4, 0.5) is 4.79 Å². The summed E-state index contributed by atoms with van der Waals surface area (Å²) in [7, 11) is 0. The van der Waals surface area contributed by atoms with E-state index >= 15 is 0 Å². The molecule has 1 aromatic carbocycles. The van der Waals surface area contributed by atoms with Gasteiger partial charge in [-0.3, -0.25) is 0 Å². The number of hydrogen-bond acceptors (Lipinski definition) is 3. The first kappa shape index (κ1) is 17.1. The van der Waals surface area contributed by atoms with Gasteiger partial charge in [-0.05, 0) is 31.9 Å². The average Bonchev–Trinajstić information content (AvgIpc) is 2.33. The Morgan fingerprint density at radius 3 is 2.45 bits per heavy atom. The topological polar surface area (TPSA) is 72.5 Å². The second-order valence-corrected chi connectivity index (χ2v) is 5.63. The number of hydrogen-bond donors (Lipinski definition) is 2. The third kappa shape index (κ3) is 4.01. The molecule has 3 N–H and O–H groups in total. The fourth-order valence-corrected chi connectivity index (χ4v) is 2.91. The highest BCUT2D eigenvalue weighted by molar-refractivity contribution is 6.36. The van der Waals surface area contributed by atoms with Crippen LogP contribution in [0.2, 0.25) is 10.0 Å². The SMILES string of the molecule is CCCCC(OC(N)=O)C(C)(O)c1c(Cl)cccc1Cl. The molecule has 0 heterocycles. The van der Waals surface area contributed by atoms with Gasteiger partial charge in [-0.1, -0.05) is 42.6 Å². The molecule has 4 nitrogen and oxygen atoms in total. The Morgan fingerprint density at radius 1 is 1.45 bits per heavy atom. The lowest BCUT2D eigenvalue weighted by molar-refractivity contribution is -0.0743. The number of primary amides is 1. The van der Waals surface area contributed by atoms with E-state index in [-0.39, 0.29) is 0 Å². The number of aliphatic hydroxyl groups is 1. The molecule has 2 atom stereocenters. The van der Waals surface area contributed by atoms with Crippen molar-refractivity contribution in [3.05, 3.63) is 33.8 Å². The highest BCUT2D eigenvalue weighted by Gasteiger charge is 2.39. The summed E-state index contributed by atoms with van der Waals surface area (Å²) in [5.74, 6) is 0. The molecule has 0 aromatic heterocycles. The molecule has 0 saturated carbocycles. The van der Waals surface area contributed by atoms with Crippen molar-refractivity contribution < 1.29 is 14.6 Å². The molecule has 0 saturated heterocycles. The number of benzene rings is 1. The van der Waals surface area contributed by atoms with Crippen LogP contribution in [-0.2, 0) is 10.3 Å². The van der Waals surface area contributed by atoms with E-state index in [9.17, 15) is 9.90 Å². The van der Waals surface area contributed by atoms with Crippen LogP contribution in [0.15, 0.2) is 18.2 Å². The maximum atomic E-state index is 11.0. The Kier molecular flexibility index (Phi) is 6.11. The van der Waals surface area contributed by atoms with Gasteiger partial charge in [-0.25, -0.2) is 4.79 Å². The first-order chi connectivity index (χ1) is 9.30. The summed E-state index contributed by atoms with van der Waals surface area (Å²) in [6.45, 7) is 3.52. The van der Waals surface area contributed by atoms with E-state index in [4.69, 9.17) is 33.7 Å². The molecule has 0 aliphatic heterocycles. The maximum Gasteiger partial charge on any atom is 0.404 e. The van der Waals surface area contributed by atoms with Gasteiger partial charge in [-0.2, -0.15) is 0 Å². The number of carbonyl (C=O) groups is 1. The minimum atomic E-state index is -1.51. The van der Waals surface area contributed by atoms with Crippen LogP contribution >= 0.6 is 23.2 Å². The molecule has 0 aliphatic rings. The highest BCUT2D eigenvalue weighted by atomic mass is 35.5. The first-order valence-electron chi connectivity index (χ1n) is 6.43. The summed E-state index contributed by atoms with van der Waals surface area (Å²) in [5, 5.41) is 11.4. The van der Waals surface area contributed by atoms with Crippen LogP contribution in [-0.4, -0.2) is 17.3 Å². The van der Waals surface area contributed by atoms with Crippen molar-refractivity contribution in [1.29, 1.82) is 0 Å². The normalized spacial score (nSPS) is 15.4. The quantitative estimate of drug-likeness (QED) is 0.836. The minimum Gasteiger partial charge on any atom is -0.443 e. The van der Waals surface area contributed by atoms with Crippen molar-refractivity contribution in [1.82, 2.24) is 0 Å². The Morgan fingerprint density at radius 2 is 2.00 bits per heavy atom. The number of unbranched alkanes of at least 4 members (excludes halogenated alkanes) is 1. The fourth-order valence-electron chi connectivity index (χ4n) is 2.13.